The van der Waals surface area contributed by atoms with Gasteiger partial charge in [0.1, 0.15) is 0 Å². The van der Waals surface area contributed by atoms with Crippen LogP contribution in [0.15, 0.2) is 12.4 Å². The Labute approximate surface area is 108 Å². The van der Waals surface area contributed by atoms with Crippen LogP contribution in [-0.2, 0) is 13.6 Å². The summed E-state index contributed by atoms with van der Waals surface area (Å²) in [5.41, 5.74) is 3.55. The van der Waals surface area contributed by atoms with Crippen molar-refractivity contribution in [2.75, 3.05) is 5.32 Å². The zero-order chi connectivity index (χ0) is 13.3. The van der Waals surface area contributed by atoms with Crippen LogP contribution in [0.1, 0.15) is 30.8 Å². The molecule has 2 aromatic heterocycles. The fourth-order valence-corrected chi connectivity index (χ4v) is 2.05. The van der Waals surface area contributed by atoms with Gasteiger partial charge in [0.15, 0.2) is 0 Å². The minimum atomic E-state index is 0.377. The quantitative estimate of drug-likeness (QED) is 0.900. The lowest BCUT2D eigenvalue weighted by Gasteiger charge is -2.12. The third-order valence-electron chi connectivity index (χ3n) is 3.12. The standard InChI is InChI=1S/C13H21N5/c1-9(2)15-13-14-6-7-18(13)8-12-10(3)16-17(5)11(12)4/h6-7,9H,8H2,1-5H3,(H,14,15). The molecule has 18 heavy (non-hydrogen) atoms. The summed E-state index contributed by atoms with van der Waals surface area (Å²) in [5, 5.41) is 7.79. The van der Waals surface area contributed by atoms with Crippen LogP contribution in [0, 0.1) is 13.8 Å². The van der Waals surface area contributed by atoms with Gasteiger partial charge in [0, 0.05) is 36.7 Å². The second-order valence-corrected chi connectivity index (χ2v) is 4.95. The topological polar surface area (TPSA) is 47.7 Å². The molecule has 98 valence electrons. The molecule has 0 bridgehead atoms. The van der Waals surface area contributed by atoms with E-state index in [-0.39, 0.29) is 0 Å². The van der Waals surface area contributed by atoms with Gasteiger partial charge in [-0.15, -0.1) is 0 Å². The highest BCUT2D eigenvalue weighted by Gasteiger charge is 2.12. The maximum atomic E-state index is 4.44. The molecule has 5 nitrogen and oxygen atoms in total. The molecule has 2 aromatic rings. The first-order chi connectivity index (χ1) is 8.49. The van der Waals surface area contributed by atoms with Crippen molar-refractivity contribution in [1.29, 1.82) is 0 Å². The van der Waals surface area contributed by atoms with Crippen molar-refractivity contribution < 1.29 is 0 Å². The smallest absolute Gasteiger partial charge is 0.203 e. The Hall–Kier alpha value is -1.78. The Morgan fingerprint density at radius 3 is 2.61 bits per heavy atom. The summed E-state index contributed by atoms with van der Waals surface area (Å²) in [6.07, 6.45) is 3.82. The summed E-state index contributed by atoms with van der Waals surface area (Å²) < 4.78 is 4.05. The second kappa shape index (κ2) is 4.84. The molecule has 0 atom stereocenters. The summed E-state index contributed by atoms with van der Waals surface area (Å²) >= 11 is 0. The lowest BCUT2D eigenvalue weighted by Crippen LogP contribution is -2.15. The van der Waals surface area contributed by atoms with E-state index in [0.717, 1.165) is 18.2 Å². The van der Waals surface area contributed by atoms with Crippen LogP contribution in [0.3, 0.4) is 0 Å². The van der Waals surface area contributed by atoms with Crippen molar-refractivity contribution in [3.05, 3.63) is 29.3 Å². The first-order valence-electron chi connectivity index (χ1n) is 6.25. The predicted molar refractivity (Wildman–Crippen MR) is 72.8 cm³/mol. The van der Waals surface area contributed by atoms with Gasteiger partial charge in [0.25, 0.3) is 0 Å². The molecule has 0 saturated heterocycles. The van der Waals surface area contributed by atoms with E-state index in [1.54, 1.807) is 0 Å². The van der Waals surface area contributed by atoms with Crippen molar-refractivity contribution in [3.8, 4) is 0 Å². The van der Waals surface area contributed by atoms with Crippen LogP contribution in [0.2, 0.25) is 0 Å². The van der Waals surface area contributed by atoms with Crippen molar-refractivity contribution in [3.63, 3.8) is 0 Å². The number of aromatic nitrogens is 4. The molecule has 5 heteroatoms. The van der Waals surface area contributed by atoms with Crippen molar-refractivity contribution >= 4 is 5.95 Å². The first-order valence-corrected chi connectivity index (χ1v) is 6.25. The largest absolute Gasteiger partial charge is 0.353 e. The molecular formula is C13H21N5. The molecule has 0 aliphatic heterocycles. The summed E-state index contributed by atoms with van der Waals surface area (Å²) in [4.78, 5) is 4.34. The average Bonchev–Trinajstić information content (AvgIpc) is 2.79. The Balaban J connectivity index is 2.26. The zero-order valence-corrected chi connectivity index (χ0v) is 11.7. The Morgan fingerprint density at radius 2 is 2.06 bits per heavy atom. The van der Waals surface area contributed by atoms with E-state index in [2.05, 4.69) is 47.7 Å². The van der Waals surface area contributed by atoms with E-state index in [0.29, 0.717) is 6.04 Å². The number of rotatable bonds is 4. The molecule has 2 rings (SSSR count). The molecule has 0 fully saturated rings. The summed E-state index contributed by atoms with van der Waals surface area (Å²) in [7, 11) is 1.98. The molecule has 0 unspecified atom stereocenters. The van der Waals surface area contributed by atoms with E-state index in [9.17, 15) is 0 Å². The van der Waals surface area contributed by atoms with Gasteiger partial charge in [-0.1, -0.05) is 0 Å². The number of hydrogen-bond acceptors (Lipinski definition) is 3. The molecule has 0 saturated carbocycles. The number of nitrogens with zero attached hydrogens (tertiary/aromatic N) is 4. The third-order valence-corrected chi connectivity index (χ3v) is 3.12. The van der Waals surface area contributed by atoms with Gasteiger partial charge < -0.3 is 9.88 Å². The van der Waals surface area contributed by atoms with Gasteiger partial charge in [0.05, 0.1) is 12.2 Å². The molecule has 0 aromatic carbocycles. The molecule has 0 aliphatic carbocycles. The number of aryl methyl sites for hydroxylation is 2. The maximum absolute atomic E-state index is 4.44. The monoisotopic (exact) mass is 247 g/mol. The van der Waals surface area contributed by atoms with E-state index < -0.39 is 0 Å². The highest BCUT2D eigenvalue weighted by Crippen LogP contribution is 2.16. The Kier molecular flexibility index (Phi) is 3.41. The Bertz CT molecular complexity index is 536. The molecule has 0 amide bonds. The number of hydrogen-bond donors (Lipinski definition) is 1. The van der Waals surface area contributed by atoms with Crippen LogP contribution < -0.4 is 5.32 Å². The fraction of sp³-hybridized carbons (Fsp3) is 0.538. The molecule has 1 N–H and O–H groups in total. The summed E-state index contributed by atoms with van der Waals surface area (Å²) in [6, 6.07) is 0.377. The average molecular weight is 247 g/mol. The van der Waals surface area contributed by atoms with Crippen LogP contribution in [-0.4, -0.2) is 25.4 Å². The van der Waals surface area contributed by atoms with Crippen LogP contribution in [0.5, 0.6) is 0 Å². The van der Waals surface area contributed by atoms with Gasteiger partial charge in [-0.2, -0.15) is 5.10 Å². The normalized spacial score (nSPS) is 11.2. The predicted octanol–water partition coefficient (Wildman–Crippen LogP) is 2.10. The van der Waals surface area contributed by atoms with Gasteiger partial charge in [-0.3, -0.25) is 4.68 Å². The van der Waals surface area contributed by atoms with Crippen LogP contribution in [0.4, 0.5) is 5.95 Å². The van der Waals surface area contributed by atoms with E-state index in [1.807, 2.05) is 24.1 Å². The minimum Gasteiger partial charge on any atom is -0.353 e. The number of imidazole rings is 1. The molecule has 0 spiro atoms. The van der Waals surface area contributed by atoms with E-state index in [1.165, 1.54) is 11.3 Å². The number of nitrogens with one attached hydrogen (secondary N) is 1. The third kappa shape index (κ3) is 2.39. The fourth-order valence-electron chi connectivity index (χ4n) is 2.05. The van der Waals surface area contributed by atoms with Crippen LogP contribution >= 0.6 is 0 Å². The zero-order valence-electron chi connectivity index (χ0n) is 11.7. The lowest BCUT2D eigenvalue weighted by molar-refractivity contribution is 0.726. The maximum Gasteiger partial charge on any atom is 0.203 e. The summed E-state index contributed by atoms with van der Waals surface area (Å²) in [5.74, 6) is 0.910. The van der Waals surface area contributed by atoms with Gasteiger partial charge >= 0.3 is 0 Å². The van der Waals surface area contributed by atoms with Gasteiger partial charge in [0.2, 0.25) is 5.95 Å². The van der Waals surface area contributed by atoms with Crippen LogP contribution in [0.25, 0.3) is 0 Å². The van der Waals surface area contributed by atoms with Gasteiger partial charge in [-0.05, 0) is 27.7 Å². The lowest BCUT2D eigenvalue weighted by atomic mass is 10.2. The highest BCUT2D eigenvalue weighted by atomic mass is 15.3. The van der Waals surface area contributed by atoms with Crippen molar-refractivity contribution in [1.82, 2.24) is 19.3 Å². The molecule has 2 heterocycles. The number of anilines is 1. The van der Waals surface area contributed by atoms with E-state index >= 15 is 0 Å². The second-order valence-electron chi connectivity index (χ2n) is 4.95. The summed E-state index contributed by atoms with van der Waals surface area (Å²) in [6.45, 7) is 9.18. The SMILES string of the molecule is Cc1nn(C)c(C)c1Cn1ccnc1NC(C)C. The van der Waals surface area contributed by atoms with Crippen molar-refractivity contribution in [2.45, 2.75) is 40.3 Å². The first kappa shape index (κ1) is 12.7. The minimum absolute atomic E-state index is 0.377. The molecule has 0 radical (unpaired) electrons. The molecular weight excluding hydrogens is 226 g/mol. The Morgan fingerprint density at radius 1 is 1.33 bits per heavy atom. The highest BCUT2D eigenvalue weighted by molar-refractivity contribution is 5.31. The van der Waals surface area contributed by atoms with Gasteiger partial charge in [-0.25, -0.2) is 4.98 Å². The van der Waals surface area contributed by atoms with Crippen molar-refractivity contribution in [2.24, 2.45) is 7.05 Å². The van der Waals surface area contributed by atoms with E-state index in [4.69, 9.17) is 0 Å². The molecule has 0 aliphatic rings.